The van der Waals surface area contributed by atoms with Crippen LogP contribution in [-0.4, -0.2) is 25.8 Å². The third-order valence-corrected chi connectivity index (χ3v) is 2.38. The summed E-state index contributed by atoms with van der Waals surface area (Å²) in [6, 6.07) is 6.72. The summed E-state index contributed by atoms with van der Waals surface area (Å²) < 4.78 is 9.40. The van der Waals surface area contributed by atoms with Gasteiger partial charge in [0.15, 0.2) is 0 Å². The summed E-state index contributed by atoms with van der Waals surface area (Å²) in [6.07, 6.45) is -0.437. The fourth-order valence-electron chi connectivity index (χ4n) is 1.56. The quantitative estimate of drug-likeness (QED) is 0.819. The molecule has 92 valence electrons. The maximum absolute atomic E-state index is 11.3. The second-order valence-electron chi connectivity index (χ2n) is 3.41. The fourth-order valence-corrected chi connectivity index (χ4v) is 1.56. The highest BCUT2D eigenvalue weighted by Crippen LogP contribution is 2.19. The third-order valence-electron chi connectivity index (χ3n) is 2.38. The monoisotopic (exact) mass is 257 g/mol. The lowest BCUT2D eigenvalue weighted by Gasteiger charge is -2.08. The fraction of sp³-hybridized carbons (Fsp3) is 0.273. The number of cyclic esters (lactones) is 1. The Morgan fingerprint density at radius 2 is 2.29 bits per heavy atom. The minimum Gasteiger partial charge on any atom is -0.465 e. The van der Waals surface area contributed by atoms with Crippen LogP contribution in [0.3, 0.4) is 0 Å². The molecule has 1 amide bonds. The molecule has 5 nitrogen and oxygen atoms in total. The van der Waals surface area contributed by atoms with Crippen molar-refractivity contribution in [1.29, 1.82) is 0 Å². The van der Waals surface area contributed by atoms with Crippen LogP contribution in [-0.2, 0) is 9.47 Å². The summed E-state index contributed by atoms with van der Waals surface area (Å²) in [5.74, 6) is -0.396. The standard InChI is InChI=1S/C11H11NO4.ClH/c1-15-10(13)8-4-2-3-7(5-8)9-6-16-11(14)12-9;/h2-5,9H,6H2,1H3,(H,12,14);1H/t9-;/m1./s1. The largest absolute Gasteiger partial charge is 0.465 e. The molecule has 1 saturated heterocycles. The van der Waals surface area contributed by atoms with Crippen LogP contribution in [0, 0.1) is 0 Å². The van der Waals surface area contributed by atoms with Gasteiger partial charge in [-0.3, -0.25) is 0 Å². The lowest BCUT2D eigenvalue weighted by atomic mass is 10.1. The van der Waals surface area contributed by atoms with E-state index < -0.39 is 12.1 Å². The van der Waals surface area contributed by atoms with Gasteiger partial charge in [0, 0.05) is 0 Å². The van der Waals surface area contributed by atoms with Gasteiger partial charge in [0.25, 0.3) is 0 Å². The van der Waals surface area contributed by atoms with E-state index in [2.05, 4.69) is 10.1 Å². The van der Waals surface area contributed by atoms with Crippen molar-refractivity contribution >= 4 is 24.5 Å². The van der Waals surface area contributed by atoms with E-state index in [4.69, 9.17) is 4.74 Å². The predicted molar refractivity (Wildman–Crippen MR) is 62.3 cm³/mol. The van der Waals surface area contributed by atoms with Crippen molar-refractivity contribution in [2.24, 2.45) is 0 Å². The number of halogens is 1. The molecule has 6 heteroatoms. The van der Waals surface area contributed by atoms with E-state index in [9.17, 15) is 9.59 Å². The van der Waals surface area contributed by atoms with Crippen molar-refractivity contribution in [1.82, 2.24) is 5.32 Å². The molecule has 0 radical (unpaired) electrons. The van der Waals surface area contributed by atoms with Gasteiger partial charge in [-0.05, 0) is 17.7 Å². The lowest BCUT2D eigenvalue weighted by molar-refractivity contribution is 0.0600. The number of alkyl carbamates (subject to hydrolysis) is 1. The van der Waals surface area contributed by atoms with Crippen LogP contribution in [0.5, 0.6) is 0 Å². The first kappa shape index (κ1) is 13.3. The maximum atomic E-state index is 11.3. The van der Waals surface area contributed by atoms with Crippen LogP contribution in [0.25, 0.3) is 0 Å². The van der Waals surface area contributed by atoms with Crippen molar-refractivity contribution in [3.63, 3.8) is 0 Å². The van der Waals surface area contributed by atoms with Crippen LogP contribution in [0.15, 0.2) is 24.3 Å². The van der Waals surface area contributed by atoms with Crippen LogP contribution >= 0.6 is 12.4 Å². The van der Waals surface area contributed by atoms with Crippen molar-refractivity contribution in [2.75, 3.05) is 13.7 Å². The summed E-state index contributed by atoms with van der Waals surface area (Å²) in [5, 5.41) is 2.64. The number of esters is 1. The van der Waals surface area contributed by atoms with Crippen LogP contribution in [0.1, 0.15) is 22.0 Å². The molecule has 1 aromatic carbocycles. The van der Waals surface area contributed by atoms with Gasteiger partial charge in [0.2, 0.25) is 0 Å². The molecule has 0 aromatic heterocycles. The first-order valence-corrected chi connectivity index (χ1v) is 4.82. The Labute approximate surface area is 105 Å². The molecule has 1 N–H and O–H groups in total. The minimum atomic E-state index is -0.437. The molecule has 0 aliphatic carbocycles. The second-order valence-corrected chi connectivity index (χ2v) is 3.41. The summed E-state index contributed by atoms with van der Waals surface area (Å²) in [6.45, 7) is 0.281. The van der Waals surface area contributed by atoms with E-state index in [1.807, 2.05) is 6.07 Å². The highest BCUT2D eigenvalue weighted by molar-refractivity contribution is 5.89. The zero-order chi connectivity index (χ0) is 11.5. The Bertz CT molecular complexity index is 435. The number of hydrogen-bond acceptors (Lipinski definition) is 4. The highest BCUT2D eigenvalue weighted by atomic mass is 35.5. The normalized spacial score (nSPS) is 17.7. The predicted octanol–water partition coefficient (Wildman–Crippen LogP) is 1.68. The summed E-state index contributed by atoms with van der Waals surface area (Å²) in [4.78, 5) is 22.2. The molecule has 0 bridgehead atoms. The third kappa shape index (κ3) is 2.88. The van der Waals surface area contributed by atoms with Crippen molar-refractivity contribution in [3.05, 3.63) is 35.4 Å². The zero-order valence-electron chi connectivity index (χ0n) is 9.14. The van der Waals surface area contributed by atoms with Crippen molar-refractivity contribution in [2.45, 2.75) is 6.04 Å². The number of methoxy groups -OCH3 is 1. The van der Waals surface area contributed by atoms with Crippen molar-refractivity contribution in [3.8, 4) is 0 Å². The molecule has 0 unspecified atom stereocenters. The van der Waals surface area contributed by atoms with E-state index >= 15 is 0 Å². The topological polar surface area (TPSA) is 64.6 Å². The molecule has 1 aromatic rings. The first-order valence-electron chi connectivity index (χ1n) is 4.82. The zero-order valence-corrected chi connectivity index (χ0v) is 9.95. The smallest absolute Gasteiger partial charge is 0.407 e. The Morgan fingerprint density at radius 1 is 1.53 bits per heavy atom. The Hall–Kier alpha value is -1.75. The molecule has 1 heterocycles. The van der Waals surface area contributed by atoms with Gasteiger partial charge in [0.1, 0.15) is 6.61 Å². The van der Waals surface area contributed by atoms with E-state index in [1.54, 1.807) is 18.2 Å². The van der Waals surface area contributed by atoms with Gasteiger partial charge in [-0.1, -0.05) is 12.1 Å². The van der Waals surface area contributed by atoms with Crippen LogP contribution < -0.4 is 5.32 Å². The Balaban J connectivity index is 0.00000144. The van der Waals surface area contributed by atoms with Gasteiger partial charge in [-0.2, -0.15) is 0 Å². The summed E-state index contributed by atoms with van der Waals surface area (Å²) in [5.41, 5.74) is 1.29. The molecule has 1 aliphatic heterocycles. The number of rotatable bonds is 2. The molecule has 17 heavy (non-hydrogen) atoms. The molecule has 0 saturated carbocycles. The number of carbonyl (C=O) groups excluding carboxylic acids is 2. The van der Waals surface area contributed by atoms with Gasteiger partial charge in [-0.25, -0.2) is 9.59 Å². The highest BCUT2D eigenvalue weighted by Gasteiger charge is 2.24. The molecule has 2 rings (SSSR count). The molecule has 1 fully saturated rings. The molecule has 0 spiro atoms. The maximum Gasteiger partial charge on any atom is 0.407 e. The summed E-state index contributed by atoms with van der Waals surface area (Å²) >= 11 is 0. The number of ether oxygens (including phenoxy) is 2. The second kappa shape index (κ2) is 5.54. The average Bonchev–Trinajstić information content (AvgIpc) is 2.75. The van der Waals surface area contributed by atoms with E-state index in [0.29, 0.717) is 5.56 Å². The van der Waals surface area contributed by atoms with Gasteiger partial charge < -0.3 is 14.8 Å². The molecule has 1 atom stereocenters. The number of amides is 1. The van der Waals surface area contributed by atoms with E-state index in [-0.39, 0.29) is 25.1 Å². The Morgan fingerprint density at radius 3 is 2.88 bits per heavy atom. The molecule has 1 aliphatic rings. The Kier molecular flexibility index (Phi) is 4.34. The molecular formula is C11H12ClNO4. The number of hydrogen-bond donors (Lipinski definition) is 1. The lowest BCUT2D eigenvalue weighted by Crippen LogP contribution is -2.18. The van der Waals surface area contributed by atoms with E-state index in [0.717, 1.165) is 5.56 Å². The SMILES string of the molecule is COC(=O)c1cccc([C@H]2COC(=O)N2)c1.Cl. The van der Waals surface area contributed by atoms with Gasteiger partial charge in [-0.15, -0.1) is 12.4 Å². The number of carbonyl (C=O) groups is 2. The number of nitrogens with one attached hydrogen (secondary N) is 1. The van der Waals surface area contributed by atoms with Crippen LogP contribution in [0.2, 0.25) is 0 Å². The van der Waals surface area contributed by atoms with Crippen molar-refractivity contribution < 1.29 is 19.1 Å². The molecular weight excluding hydrogens is 246 g/mol. The van der Waals surface area contributed by atoms with Gasteiger partial charge in [0.05, 0.1) is 18.7 Å². The minimum absolute atomic E-state index is 0. The number of benzene rings is 1. The average molecular weight is 258 g/mol. The van der Waals surface area contributed by atoms with E-state index in [1.165, 1.54) is 7.11 Å². The summed E-state index contributed by atoms with van der Waals surface area (Å²) in [7, 11) is 1.33. The van der Waals surface area contributed by atoms with Crippen LogP contribution in [0.4, 0.5) is 4.79 Å². The van der Waals surface area contributed by atoms with Gasteiger partial charge >= 0.3 is 12.1 Å². The first-order chi connectivity index (χ1) is 7.70.